The zero-order valence-electron chi connectivity index (χ0n) is 14.5. The molecule has 0 saturated heterocycles. The molecule has 122 valence electrons. The predicted molar refractivity (Wildman–Crippen MR) is 96.1 cm³/mol. The summed E-state index contributed by atoms with van der Waals surface area (Å²) in [5.41, 5.74) is 4.46. The molecule has 0 bridgehead atoms. The maximum atomic E-state index is 9.73. The van der Waals surface area contributed by atoms with Crippen LogP contribution in [-0.4, -0.2) is 15.7 Å². The third-order valence-electron chi connectivity index (χ3n) is 3.99. The van der Waals surface area contributed by atoms with Crippen molar-refractivity contribution in [2.24, 2.45) is 0 Å². The van der Waals surface area contributed by atoms with Gasteiger partial charge in [-0.25, -0.2) is 0 Å². The molecule has 3 rings (SSSR count). The van der Waals surface area contributed by atoms with Crippen molar-refractivity contribution in [2.75, 3.05) is 0 Å². The SMILES string of the molecule is CCn1c(-c2ccc(C)cn2)c(C#N)c2ccc(OC(C)C)cc21. The molecule has 0 atom stereocenters. The molecule has 0 N–H and O–H groups in total. The Morgan fingerprint density at radius 2 is 2.04 bits per heavy atom. The molecule has 0 aliphatic rings. The molecule has 0 fully saturated rings. The van der Waals surface area contributed by atoms with Crippen molar-refractivity contribution in [1.82, 2.24) is 9.55 Å². The van der Waals surface area contributed by atoms with Crippen molar-refractivity contribution in [3.8, 4) is 23.2 Å². The molecule has 3 aromatic rings. The van der Waals surface area contributed by atoms with E-state index in [1.165, 1.54) is 0 Å². The van der Waals surface area contributed by atoms with Gasteiger partial charge in [-0.15, -0.1) is 0 Å². The number of ether oxygens (including phenoxy) is 1. The number of rotatable bonds is 4. The first-order valence-corrected chi connectivity index (χ1v) is 8.21. The molecule has 0 radical (unpaired) electrons. The summed E-state index contributed by atoms with van der Waals surface area (Å²) < 4.78 is 7.95. The summed E-state index contributed by atoms with van der Waals surface area (Å²) in [5, 5.41) is 10.7. The van der Waals surface area contributed by atoms with Crippen LogP contribution in [0.2, 0.25) is 0 Å². The fourth-order valence-electron chi connectivity index (χ4n) is 2.99. The second kappa shape index (κ2) is 6.37. The number of hydrogen-bond donors (Lipinski definition) is 0. The average Bonchev–Trinajstić information content (AvgIpc) is 2.87. The summed E-state index contributed by atoms with van der Waals surface area (Å²) in [4.78, 5) is 4.53. The monoisotopic (exact) mass is 319 g/mol. The molecule has 24 heavy (non-hydrogen) atoms. The van der Waals surface area contributed by atoms with Crippen LogP contribution in [-0.2, 0) is 6.54 Å². The van der Waals surface area contributed by atoms with Crippen molar-refractivity contribution in [1.29, 1.82) is 5.26 Å². The van der Waals surface area contributed by atoms with Gasteiger partial charge in [0.05, 0.1) is 28.6 Å². The molecule has 0 amide bonds. The van der Waals surface area contributed by atoms with Gasteiger partial charge < -0.3 is 9.30 Å². The number of nitriles is 1. The molecule has 0 saturated carbocycles. The summed E-state index contributed by atoms with van der Waals surface area (Å²) in [6.45, 7) is 8.85. The number of benzene rings is 1. The van der Waals surface area contributed by atoms with Crippen LogP contribution in [0, 0.1) is 18.3 Å². The molecule has 0 unspecified atom stereocenters. The highest BCUT2D eigenvalue weighted by atomic mass is 16.5. The van der Waals surface area contributed by atoms with Crippen molar-refractivity contribution in [3.05, 3.63) is 47.7 Å². The number of hydrogen-bond acceptors (Lipinski definition) is 3. The lowest BCUT2D eigenvalue weighted by Crippen LogP contribution is -2.05. The van der Waals surface area contributed by atoms with E-state index in [2.05, 4.69) is 22.5 Å². The van der Waals surface area contributed by atoms with Crippen molar-refractivity contribution >= 4 is 10.9 Å². The van der Waals surface area contributed by atoms with Crippen LogP contribution in [0.5, 0.6) is 5.75 Å². The largest absolute Gasteiger partial charge is 0.491 e. The minimum Gasteiger partial charge on any atom is -0.491 e. The summed E-state index contributed by atoms with van der Waals surface area (Å²) in [7, 11) is 0. The van der Waals surface area contributed by atoms with Gasteiger partial charge in [-0.1, -0.05) is 6.07 Å². The molecule has 0 spiro atoms. The van der Waals surface area contributed by atoms with Crippen LogP contribution >= 0.6 is 0 Å². The minimum absolute atomic E-state index is 0.112. The van der Waals surface area contributed by atoms with Gasteiger partial charge in [0.15, 0.2) is 0 Å². The average molecular weight is 319 g/mol. The first-order valence-electron chi connectivity index (χ1n) is 8.21. The Hall–Kier alpha value is -2.80. The lowest BCUT2D eigenvalue weighted by molar-refractivity contribution is 0.242. The fourth-order valence-corrected chi connectivity index (χ4v) is 2.99. The van der Waals surface area contributed by atoms with Crippen LogP contribution in [0.25, 0.3) is 22.3 Å². The molecule has 0 aliphatic carbocycles. The Morgan fingerprint density at radius 3 is 2.62 bits per heavy atom. The van der Waals surface area contributed by atoms with Gasteiger partial charge in [-0.05, 0) is 51.5 Å². The van der Waals surface area contributed by atoms with Gasteiger partial charge in [0.2, 0.25) is 0 Å². The molecular formula is C20H21N3O. The van der Waals surface area contributed by atoms with E-state index in [4.69, 9.17) is 4.74 Å². The standard InChI is InChI=1S/C20H21N3O/c1-5-23-19-10-15(24-13(2)3)7-8-16(19)17(11-21)20(23)18-9-6-14(4)12-22-18/h6-10,12-13H,5H2,1-4H3. The van der Waals surface area contributed by atoms with Crippen molar-refractivity contribution in [3.63, 3.8) is 0 Å². The second-order valence-electron chi connectivity index (χ2n) is 6.15. The Balaban J connectivity index is 2.28. The maximum absolute atomic E-state index is 9.73. The third kappa shape index (κ3) is 2.74. The highest BCUT2D eigenvalue weighted by Crippen LogP contribution is 2.34. The van der Waals surface area contributed by atoms with Gasteiger partial charge in [-0.2, -0.15) is 5.26 Å². The lowest BCUT2D eigenvalue weighted by atomic mass is 10.1. The number of aryl methyl sites for hydroxylation is 2. The Labute approximate surface area is 142 Å². The maximum Gasteiger partial charge on any atom is 0.121 e. The van der Waals surface area contributed by atoms with Gasteiger partial charge in [0.25, 0.3) is 0 Å². The van der Waals surface area contributed by atoms with Crippen LogP contribution < -0.4 is 4.74 Å². The summed E-state index contributed by atoms with van der Waals surface area (Å²) >= 11 is 0. The van der Waals surface area contributed by atoms with E-state index >= 15 is 0 Å². The zero-order valence-corrected chi connectivity index (χ0v) is 14.5. The van der Waals surface area contributed by atoms with Crippen molar-refractivity contribution < 1.29 is 4.74 Å². The highest BCUT2D eigenvalue weighted by Gasteiger charge is 2.19. The first kappa shape index (κ1) is 16.1. The van der Waals surface area contributed by atoms with Gasteiger partial charge >= 0.3 is 0 Å². The predicted octanol–water partition coefficient (Wildman–Crippen LogP) is 4.69. The summed E-state index contributed by atoms with van der Waals surface area (Å²) in [6, 6.07) is 12.3. The van der Waals surface area contributed by atoms with Gasteiger partial charge in [-0.3, -0.25) is 4.98 Å². The fraction of sp³-hybridized carbons (Fsp3) is 0.300. The minimum atomic E-state index is 0.112. The van der Waals surface area contributed by atoms with Crippen LogP contribution in [0.15, 0.2) is 36.5 Å². The highest BCUT2D eigenvalue weighted by molar-refractivity contribution is 5.94. The normalized spacial score (nSPS) is 11.0. The number of pyridine rings is 1. The Morgan fingerprint density at radius 1 is 1.25 bits per heavy atom. The van der Waals surface area contributed by atoms with E-state index in [9.17, 15) is 5.26 Å². The Bertz CT molecular complexity index is 915. The summed E-state index contributed by atoms with van der Waals surface area (Å²) in [6.07, 6.45) is 1.95. The van der Waals surface area contributed by atoms with E-state index < -0.39 is 0 Å². The molecule has 2 aromatic heterocycles. The summed E-state index contributed by atoms with van der Waals surface area (Å²) in [5.74, 6) is 0.817. The molecule has 4 heteroatoms. The second-order valence-corrected chi connectivity index (χ2v) is 6.15. The van der Waals surface area contributed by atoms with E-state index in [0.29, 0.717) is 5.56 Å². The lowest BCUT2D eigenvalue weighted by Gasteiger charge is -2.11. The van der Waals surface area contributed by atoms with Gasteiger partial charge in [0, 0.05) is 24.2 Å². The Kier molecular flexibility index (Phi) is 4.26. The zero-order chi connectivity index (χ0) is 17.3. The molecule has 1 aromatic carbocycles. The molecular weight excluding hydrogens is 298 g/mol. The van der Waals surface area contributed by atoms with E-state index in [-0.39, 0.29) is 6.10 Å². The quantitative estimate of drug-likeness (QED) is 0.701. The van der Waals surface area contributed by atoms with Crippen LogP contribution in [0.1, 0.15) is 31.9 Å². The van der Waals surface area contributed by atoms with Crippen LogP contribution in [0.4, 0.5) is 0 Å². The van der Waals surface area contributed by atoms with E-state index in [1.54, 1.807) is 0 Å². The number of fused-ring (bicyclic) bond motifs is 1. The van der Waals surface area contributed by atoms with Gasteiger partial charge in [0.1, 0.15) is 11.8 Å². The number of nitrogens with zero attached hydrogens (tertiary/aromatic N) is 3. The van der Waals surface area contributed by atoms with Crippen molar-refractivity contribution in [2.45, 2.75) is 40.3 Å². The topological polar surface area (TPSA) is 50.8 Å². The van der Waals surface area contributed by atoms with E-state index in [1.807, 2.05) is 57.3 Å². The smallest absolute Gasteiger partial charge is 0.121 e. The van der Waals surface area contributed by atoms with E-state index in [0.717, 1.165) is 40.1 Å². The molecule has 0 aliphatic heterocycles. The molecule has 2 heterocycles. The number of aromatic nitrogens is 2. The first-order chi connectivity index (χ1) is 11.5. The molecule has 4 nitrogen and oxygen atoms in total. The van der Waals surface area contributed by atoms with Crippen LogP contribution in [0.3, 0.4) is 0 Å². The third-order valence-corrected chi connectivity index (χ3v) is 3.99.